The second kappa shape index (κ2) is 7.46. The summed E-state index contributed by atoms with van der Waals surface area (Å²) in [6.07, 6.45) is 0. The lowest BCUT2D eigenvalue weighted by atomic mass is 10.2. The summed E-state index contributed by atoms with van der Waals surface area (Å²) in [7, 11) is 1.62. The van der Waals surface area contributed by atoms with E-state index in [1.807, 2.05) is 24.3 Å². The Morgan fingerprint density at radius 2 is 2.00 bits per heavy atom. The van der Waals surface area contributed by atoms with E-state index in [2.05, 4.69) is 23.5 Å². The summed E-state index contributed by atoms with van der Waals surface area (Å²) in [5.41, 5.74) is 1.45. The first-order valence-corrected chi connectivity index (χ1v) is 7.32. The molecule has 3 nitrogen and oxygen atoms in total. The van der Waals surface area contributed by atoms with Gasteiger partial charge in [0.1, 0.15) is 11.8 Å². The molecule has 102 valence electrons. The molecule has 0 aliphatic carbocycles. The number of thioether (sulfide) groups is 1. The molecule has 0 saturated carbocycles. The van der Waals surface area contributed by atoms with E-state index in [1.165, 1.54) is 4.90 Å². The van der Waals surface area contributed by atoms with Gasteiger partial charge in [-0.3, -0.25) is 0 Å². The molecule has 0 radical (unpaired) electrons. The molecule has 2 rings (SSSR count). The summed E-state index contributed by atoms with van der Waals surface area (Å²) < 4.78 is 5.18. The molecule has 0 unspecified atom stereocenters. The summed E-state index contributed by atoms with van der Waals surface area (Å²) in [6, 6.07) is 17.9. The van der Waals surface area contributed by atoms with Gasteiger partial charge in [-0.25, -0.2) is 0 Å². The van der Waals surface area contributed by atoms with Crippen molar-refractivity contribution in [3.8, 4) is 11.8 Å². The zero-order chi connectivity index (χ0) is 14.2. The molecule has 4 heteroatoms. The summed E-state index contributed by atoms with van der Waals surface area (Å²) in [5, 5.41) is 12.4. The van der Waals surface area contributed by atoms with Crippen LogP contribution in [0.1, 0.15) is 5.56 Å². The van der Waals surface area contributed by atoms with E-state index in [1.54, 1.807) is 31.0 Å². The number of ether oxygens (including phenoxy) is 1. The maximum absolute atomic E-state index is 9.08. The topological polar surface area (TPSA) is 45.0 Å². The van der Waals surface area contributed by atoms with E-state index in [9.17, 15) is 0 Å². The van der Waals surface area contributed by atoms with Gasteiger partial charge in [0.15, 0.2) is 0 Å². The Balaban J connectivity index is 1.89. The van der Waals surface area contributed by atoms with Crippen LogP contribution >= 0.6 is 11.8 Å². The van der Waals surface area contributed by atoms with Gasteiger partial charge < -0.3 is 10.1 Å². The molecular weight excluding hydrogens is 268 g/mol. The monoisotopic (exact) mass is 284 g/mol. The number of nitrogens with one attached hydrogen (secondary N) is 1. The zero-order valence-corrected chi connectivity index (χ0v) is 12.1. The predicted octanol–water partition coefficient (Wildman–Crippen LogP) is 3.77. The van der Waals surface area contributed by atoms with Gasteiger partial charge in [-0.15, -0.1) is 11.8 Å². The lowest BCUT2D eigenvalue weighted by Gasteiger charge is -2.09. The minimum absolute atomic E-state index is 0.635. The van der Waals surface area contributed by atoms with Gasteiger partial charge in [0.05, 0.1) is 18.4 Å². The number of anilines is 1. The molecule has 0 atom stereocenters. The van der Waals surface area contributed by atoms with Crippen molar-refractivity contribution in [2.45, 2.75) is 4.90 Å². The SMILES string of the molecule is COc1ccc(C#N)c(NCCSc2ccccc2)c1. The molecule has 0 fully saturated rings. The first-order valence-electron chi connectivity index (χ1n) is 6.33. The Morgan fingerprint density at radius 1 is 1.20 bits per heavy atom. The molecule has 0 spiro atoms. The first kappa shape index (κ1) is 14.3. The molecular formula is C16H16N2OS. The summed E-state index contributed by atoms with van der Waals surface area (Å²) in [4.78, 5) is 1.25. The number of hydrogen-bond acceptors (Lipinski definition) is 4. The lowest BCUT2D eigenvalue weighted by Crippen LogP contribution is -2.05. The normalized spacial score (nSPS) is 9.80. The van der Waals surface area contributed by atoms with Crippen LogP contribution in [0.5, 0.6) is 5.75 Å². The van der Waals surface area contributed by atoms with Crippen molar-refractivity contribution in [1.29, 1.82) is 5.26 Å². The lowest BCUT2D eigenvalue weighted by molar-refractivity contribution is 0.415. The molecule has 0 amide bonds. The number of benzene rings is 2. The Kier molecular flexibility index (Phi) is 5.33. The zero-order valence-electron chi connectivity index (χ0n) is 11.3. The van der Waals surface area contributed by atoms with Crippen LogP contribution in [0.4, 0.5) is 5.69 Å². The molecule has 0 aliphatic heterocycles. The van der Waals surface area contributed by atoms with Gasteiger partial charge in [-0.2, -0.15) is 5.26 Å². The van der Waals surface area contributed by atoms with Crippen molar-refractivity contribution in [1.82, 2.24) is 0 Å². The number of nitrogens with zero attached hydrogens (tertiary/aromatic N) is 1. The van der Waals surface area contributed by atoms with Gasteiger partial charge in [0.25, 0.3) is 0 Å². The summed E-state index contributed by atoms with van der Waals surface area (Å²) in [5.74, 6) is 1.69. The highest BCUT2D eigenvalue weighted by atomic mass is 32.2. The number of methoxy groups -OCH3 is 1. The van der Waals surface area contributed by atoms with E-state index in [4.69, 9.17) is 10.00 Å². The summed E-state index contributed by atoms with van der Waals surface area (Å²) >= 11 is 1.79. The average molecular weight is 284 g/mol. The van der Waals surface area contributed by atoms with Gasteiger partial charge in [-0.1, -0.05) is 18.2 Å². The third-order valence-corrected chi connectivity index (χ3v) is 3.79. The molecule has 0 aromatic heterocycles. The van der Waals surface area contributed by atoms with Crippen molar-refractivity contribution in [3.63, 3.8) is 0 Å². The van der Waals surface area contributed by atoms with E-state index < -0.39 is 0 Å². The molecule has 20 heavy (non-hydrogen) atoms. The Morgan fingerprint density at radius 3 is 2.70 bits per heavy atom. The molecule has 2 aromatic carbocycles. The molecule has 0 aliphatic rings. The maximum Gasteiger partial charge on any atom is 0.121 e. The molecule has 1 N–H and O–H groups in total. The fourth-order valence-electron chi connectivity index (χ4n) is 1.77. The van der Waals surface area contributed by atoms with Crippen LogP contribution in [-0.2, 0) is 0 Å². The van der Waals surface area contributed by atoms with E-state index in [-0.39, 0.29) is 0 Å². The van der Waals surface area contributed by atoms with Crippen LogP contribution in [0.15, 0.2) is 53.4 Å². The molecule has 0 heterocycles. The second-order valence-electron chi connectivity index (χ2n) is 4.11. The Labute approximate surface area is 123 Å². The Bertz CT molecular complexity index is 593. The van der Waals surface area contributed by atoms with Crippen LogP contribution in [-0.4, -0.2) is 19.4 Å². The second-order valence-corrected chi connectivity index (χ2v) is 5.28. The van der Waals surface area contributed by atoms with Crippen LogP contribution in [0, 0.1) is 11.3 Å². The van der Waals surface area contributed by atoms with Crippen LogP contribution < -0.4 is 10.1 Å². The fraction of sp³-hybridized carbons (Fsp3) is 0.188. The van der Waals surface area contributed by atoms with Gasteiger partial charge in [0, 0.05) is 23.3 Å². The van der Waals surface area contributed by atoms with E-state index in [0.717, 1.165) is 23.7 Å². The quantitative estimate of drug-likeness (QED) is 0.648. The van der Waals surface area contributed by atoms with Crippen molar-refractivity contribution >= 4 is 17.4 Å². The smallest absolute Gasteiger partial charge is 0.121 e. The van der Waals surface area contributed by atoms with E-state index >= 15 is 0 Å². The summed E-state index contributed by atoms with van der Waals surface area (Å²) in [6.45, 7) is 0.793. The first-order chi connectivity index (χ1) is 9.83. The maximum atomic E-state index is 9.08. The van der Waals surface area contributed by atoms with Crippen LogP contribution in [0.25, 0.3) is 0 Å². The van der Waals surface area contributed by atoms with Crippen LogP contribution in [0.3, 0.4) is 0 Å². The van der Waals surface area contributed by atoms with Gasteiger partial charge >= 0.3 is 0 Å². The third kappa shape index (κ3) is 3.94. The number of hydrogen-bond donors (Lipinski definition) is 1. The minimum atomic E-state index is 0.635. The minimum Gasteiger partial charge on any atom is -0.497 e. The largest absolute Gasteiger partial charge is 0.497 e. The van der Waals surface area contributed by atoms with Crippen molar-refractivity contribution in [2.24, 2.45) is 0 Å². The van der Waals surface area contributed by atoms with Crippen molar-refractivity contribution in [2.75, 3.05) is 24.7 Å². The highest BCUT2D eigenvalue weighted by Crippen LogP contribution is 2.22. The molecule has 0 bridgehead atoms. The third-order valence-electron chi connectivity index (χ3n) is 2.78. The van der Waals surface area contributed by atoms with Crippen molar-refractivity contribution < 1.29 is 4.74 Å². The molecule has 0 saturated heterocycles. The van der Waals surface area contributed by atoms with Gasteiger partial charge in [-0.05, 0) is 24.3 Å². The number of nitriles is 1. The van der Waals surface area contributed by atoms with E-state index in [0.29, 0.717) is 5.56 Å². The number of rotatable bonds is 6. The predicted molar refractivity (Wildman–Crippen MR) is 83.4 cm³/mol. The molecule has 2 aromatic rings. The fourth-order valence-corrected chi connectivity index (χ4v) is 2.55. The average Bonchev–Trinajstić information content (AvgIpc) is 2.52. The Hall–Kier alpha value is -2.12. The van der Waals surface area contributed by atoms with Crippen LogP contribution in [0.2, 0.25) is 0 Å². The highest BCUT2D eigenvalue weighted by Gasteiger charge is 2.03. The van der Waals surface area contributed by atoms with Gasteiger partial charge in [0.2, 0.25) is 0 Å². The van der Waals surface area contributed by atoms with Crippen molar-refractivity contribution in [3.05, 3.63) is 54.1 Å². The standard InChI is InChI=1S/C16H16N2OS/c1-19-14-8-7-13(12-17)16(11-14)18-9-10-20-15-5-3-2-4-6-15/h2-8,11,18H,9-10H2,1H3. The highest BCUT2D eigenvalue weighted by molar-refractivity contribution is 7.99.